The normalized spacial score (nSPS) is 41.6. The zero-order valence-electron chi connectivity index (χ0n) is 11.7. The van der Waals surface area contributed by atoms with Crippen molar-refractivity contribution in [2.45, 2.75) is 61.8 Å². The molecule has 86 valence electrons. The number of hydrogen-bond acceptors (Lipinski definition) is 0. The summed E-state index contributed by atoms with van der Waals surface area (Å²) >= 11 is 0. The fourth-order valence-electron chi connectivity index (χ4n) is 6.23. The van der Waals surface area contributed by atoms with E-state index in [1.165, 1.54) is 6.42 Å². The molecule has 0 N–H and O–H groups in total. The van der Waals surface area contributed by atoms with Gasteiger partial charge in [-0.1, -0.05) is 55.4 Å². The third kappa shape index (κ3) is 0.508. The average molecular weight is 206 g/mol. The van der Waals surface area contributed by atoms with E-state index in [0.29, 0.717) is 32.5 Å². The average Bonchev–Trinajstić information content (AvgIpc) is 2.86. The molecule has 0 heteroatoms. The minimum absolute atomic E-state index is 0.561. The van der Waals surface area contributed by atoms with E-state index >= 15 is 0 Å². The molecule has 3 aliphatic carbocycles. The van der Waals surface area contributed by atoms with Crippen molar-refractivity contribution in [1.29, 1.82) is 0 Å². The summed E-state index contributed by atoms with van der Waals surface area (Å²) in [6, 6.07) is 0. The maximum Gasteiger partial charge on any atom is -0.0111 e. The summed E-state index contributed by atoms with van der Waals surface area (Å²) in [6.07, 6.45) is 1.49. The minimum Gasteiger partial charge on any atom is -0.0588 e. The Bertz CT molecular complexity index is 301. The highest BCUT2D eigenvalue weighted by molar-refractivity contribution is 5.52. The zero-order chi connectivity index (χ0) is 11.7. The van der Waals surface area contributed by atoms with Crippen LogP contribution < -0.4 is 0 Å². The quantitative estimate of drug-likeness (QED) is 0.547. The summed E-state index contributed by atoms with van der Waals surface area (Å²) in [5.74, 6) is 0. The smallest absolute Gasteiger partial charge is 0.0111 e. The Balaban J connectivity index is 2.08. The molecule has 0 radical (unpaired) electrons. The van der Waals surface area contributed by atoms with Gasteiger partial charge in [0.15, 0.2) is 0 Å². The van der Waals surface area contributed by atoms with Crippen LogP contribution in [0.15, 0.2) is 0 Å². The molecule has 0 heterocycles. The molecule has 2 spiro atoms. The van der Waals surface area contributed by atoms with Gasteiger partial charge in [0.1, 0.15) is 0 Å². The fraction of sp³-hybridized carbons (Fsp3) is 1.00. The number of hydrogen-bond donors (Lipinski definition) is 0. The lowest BCUT2D eigenvalue weighted by Crippen LogP contribution is -1.98. The Morgan fingerprint density at radius 1 is 0.467 bits per heavy atom. The molecule has 0 unspecified atom stereocenters. The Labute approximate surface area is 94.8 Å². The van der Waals surface area contributed by atoms with Gasteiger partial charge >= 0.3 is 0 Å². The molecule has 3 aliphatic rings. The summed E-state index contributed by atoms with van der Waals surface area (Å²) in [5, 5.41) is 0. The van der Waals surface area contributed by atoms with Crippen LogP contribution in [-0.2, 0) is 0 Å². The van der Waals surface area contributed by atoms with Crippen molar-refractivity contribution < 1.29 is 0 Å². The Hall–Kier alpha value is 0. The van der Waals surface area contributed by atoms with Gasteiger partial charge in [-0.3, -0.25) is 0 Å². The highest BCUT2D eigenvalue weighted by Gasteiger charge is 3.05. The first-order chi connectivity index (χ1) is 6.46. The molecular formula is C15H26. The van der Waals surface area contributed by atoms with Crippen LogP contribution in [0.5, 0.6) is 0 Å². The molecule has 0 saturated heterocycles. The predicted molar refractivity (Wildman–Crippen MR) is 64.6 cm³/mol. The van der Waals surface area contributed by atoms with Crippen molar-refractivity contribution in [1.82, 2.24) is 0 Å². The third-order valence-electron chi connectivity index (χ3n) is 8.40. The number of rotatable bonds is 0. The summed E-state index contributed by atoms with van der Waals surface area (Å²) in [5.41, 5.74) is 3.58. The van der Waals surface area contributed by atoms with E-state index in [1.54, 1.807) is 0 Å². The van der Waals surface area contributed by atoms with Crippen LogP contribution in [0.1, 0.15) is 61.8 Å². The lowest BCUT2D eigenvalue weighted by Gasteiger charge is -2.03. The third-order valence-corrected chi connectivity index (χ3v) is 8.40. The molecule has 3 rings (SSSR count). The predicted octanol–water partition coefficient (Wildman–Crippen LogP) is 4.49. The second kappa shape index (κ2) is 1.73. The number of fused-ring (bicyclic) bond motifs is 1. The van der Waals surface area contributed by atoms with E-state index in [4.69, 9.17) is 0 Å². The highest BCUT2D eigenvalue weighted by atomic mass is 15.1. The summed E-state index contributed by atoms with van der Waals surface area (Å²) in [4.78, 5) is 0. The largest absolute Gasteiger partial charge is 0.0588 e. The van der Waals surface area contributed by atoms with Crippen LogP contribution in [-0.4, -0.2) is 0 Å². The molecule has 0 atom stereocenters. The van der Waals surface area contributed by atoms with E-state index < -0.39 is 0 Å². The first-order valence-corrected chi connectivity index (χ1v) is 6.46. The van der Waals surface area contributed by atoms with E-state index in [-0.39, 0.29) is 0 Å². The molecule has 0 nitrogen and oxygen atoms in total. The van der Waals surface area contributed by atoms with Gasteiger partial charge in [-0.25, -0.2) is 0 Å². The minimum atomic E-state index is 0.561. The van der Waals surface area contributed by atoms with Gasteiger partial charge in [0.25, 0.3) is 0 Å². The first kappa shape index (κ1) is 10.2. The van der Waals surface area contributed by atoms with Gasteiger partial charge in [0.2, 0.25) is 0 Å². The van der Waals surface area contributed by atoms with Crippen LogP contribution in [0.3, 0.4) is 0 Å². The molecule has 3 saturated carbocycles. The van der Waals surface area contributed by atoms with E-state index in [9.17, 15) is 0 Å². The molecule has 0 aliphatic heterocycles. The van der Waals surface area contributed by atoms with Gasteiger partial charge in [-0.05, 0) is 38.9 Å². The topological polar surface area (TPSA) is 0 Å². The summed E-state index contributed by atoms with van der Waals surface area (Å²) in [6.45, 7) is 19.9. The van der Waals surface area contributed by atoms with Crippen LogP contribution in [0.4, 0.5) is 0 Å². The molecule has 0 amide bonds. The SMILES string of the molecule is CC1(C)C(C)(C)C12CC21C(C)(C)C1(C)C. The summed E-state index contributed by atoms with van der Waals surface area (Å²) in [7, 11) is 0. The van der Waals surface area contributed by atoms with Crippen molar-refractivity contribution in [3.63, 3.8) is 0 Å². The second-order valence-corrected chi connectivity index (χ2v) is 8.49. The summed E-state index contributed by atoms with van der Waals surface area (Å²) < 4.78 is 0. The van der Waals surface area contributed by atoms with Gasteiger partial charge in [0.05, 0.1) is 0 Å². The maximum absolute atomic E-state index is 2.49. The molecule has 0 aromatic heterocycles. The molecule has 0 bridgehead atoms. The second-order valence-electron chi connectivity index (χ2n) is 8.49. The van der Waals surface area contributed by atoms with Crippen molar-refractivity contribution in [2.75, 3.05) is 0 Å². The fourth-order valence-corrected chi connectivity index (χ4v) is 6.23. The van der Waals surface area contributed by atoms with Crippen molar-refractivity contribution in [3.8, 4) is 0 Å². The maximum atomic E-state index is 2.49. The van der Waals surface area contributed by atoms with E-state index in [0.717, 1.165) is 0 Å². The van der Waals surface area contributed by atoms with Gasteiger partial charge < -0.3 is 0 Å². The zero-order valence-corrected chi connectivity index (χ0v) is 11.7. The Kier molecular flexibility index (Phi) is 1.17. The van der Waals surface area contributed by atoms with Crippen molar-refractivity contribution in [3.05, 3.63) is 0 Å². The monoisotopic (exact) mass is 206 g/mol. The van der Waals surface area contributed by atoms with Crippen LogP contribution in [0.2, 0.25) is 0 Å². The van der Waals surface area contributed by atoms with Gasteiger partial charge in [0, 0.05) is 0 Å². The molecule has 15 heavy (non-hydrogen) atoms. The Morgan fingerprint density at radius 2 is 0.667 bits per heavy atom. The first-order valence-electron chi connectivity index (χ1n) is 6.46. The highest BCUT2D eigenvalue weighted by Crippen LogP contribution is 3.10. The van der Waals surface area contributed by atoms with Crippen LogP contribution in [0.25, 0.3) is 0 Å². The van der Waals surface area contributed by atoms with E-state index in [2.05, 4.69) is 55.4 Å². The lowest BCUT2D eigenvalue weighted by atomic mass is 10.0. The van der Waals surface area contributed by atoms with Crippen molar-refractivity contribution in [2.24, 2.45) is 32.5 Å². The van der Waals surface area contributed by atoms with Crippen LogP contribution >= 0.6 is 0 Å². The van der Waals surface area contributed by atoms with Gasteiger partial charge in [-0.2, -0.15) is 0 Å². The molecule has 0 aromatic rings. The lowest BCUT2D eigenvalue weighted by molar-refractivity contribution is 0.444. The molecule has 0 aromatic carbocycles. The molecule has 3 fully saturated rings. The standard InChI is InChI=1S/C15H26/c1-10(2)11(3,4)14(10)9-15(14)12(5,6)13(15,7)8/h9H2,1-8H3. The van der Waals surface area contributed by atoms with Gasteiger partial charge in [-0.15, -0.1) is 0 Å². The van der Waals surface area contributed by atoms with E-state index in [1.807, 2.05) is 0 Å². The van der Waals surface area contributed by atoms with Crippen LogP contribution in [0, 0.1) is 32.5 Å². The van der Waals surface area contributed by atoms with Crippen molar-refractivity contribution >= 4 is 0 Å². The Morgan fingerprint density at radius 3 is 0.733 bits per heavy atom. The molecular weight excluding hydrogens is 180 g/mol.